The van der Waals surface area contributed by atoms with Crippen LogP contribution in [0.1, 0.15) is 27.2 Å². The van der Waals surface area contributed by atoms with Crippen LogP contribution in [0.4, 0.5) is 0 Å². The van der Waals surface area contributed by atoms with Crippen LogP contribution in [0.25, 0.3) is 0 Å². The van der Waals surface area contributed by atoms with Crippen molar-refractivity contribution < 1.29 is 4.79 Å². The normalized spacial score (nSPS) is 27.5. The predicted molar refractivity (Wildman–Crippen MR) is 61.4 cm³/mol. The number of rotatable bonds is 3. The fourth-order valence-corrected chi connectivity index (χ4v) is 1.64. The van der Waals surface area contributed by atoms with Gasteiger partial charge in [-0.1, -0.05) is 6.92 Å². The maximum atomic E-state index is 11.9. The van der Waals surface area contributed by atoms with E-state index in [9.17, 15) is 4.79 Å². The molecule has 1 rings (SSSR count). The average Bonchev–Trinajstić information content (AvgIpc) is 2.21. The van der Waals surface area contributed by atoms with E-state index in [1.165, 1.54) is 0 Å². The number of nitrogens with one attached hydrogen (secondary N) is 2. The summed E-state index contributed by atoms with van der Waals surface area (Å²) in [7, 11) is 0. The van der Waals surface area contributed by atoms with Crippen LogP contribution in [0.3, 0.4) is 0 Å². The van der Waals surface area contributed by atoms with Crippen molar-refractivity contribution in [3.05, 3.63) is 0 Å². The first-order valence-corrected chi connectivity index (χ1v) is 5.69. The summed E-state index contributed by atoms with van der Waals surface area (Å²) < 4.78 is 0. The predicted octanol–water partition coefficient (Wildman–Crippen LogP) is 0.0855. The van der Waals surface area contributed by atoms with E-state index >= 15 is 0 Å². The van der Waals surface area contributed by atoms with Crippen LogP contribution in [0.15, 0.2) is 0 Å². The average molecular weight is 213 g/mol. The Morgan fingerprint density at radius 1 is 1.60 bits per heavy atom. The van der Waals surface area contributed by atoms with E-state index in [1.807, 2.05) is 13.8 Å². The molecule has 1 saturated heterocycles. The van der Waals surface area contributed by atoms with E-state index in [1.54, 1.807) is 0 Å². The molecular formula is C11H23N3O. The van der Waals surface area contributed by atoms with Crippen LogP contribution < -0.4 is 16.4 Å². The molecule has 0 spiro atoms. The van der Waals surface area contributed by atoms with Gasteiger partial charge in [-0.3, -0.25) is 4.79 Å². The van der Waals surface area contributed by atoms with Crippen LogP contribution in [-0.2, 0) is 4.79 Å². The Balaban J connectivity index is 2.50. The van der Waals surface area contributed by atoms with Crippen LogP contribution in [-0.4, -0.2) is 31.6 Å². The first-order chi connectivity index (χ1) is 6.97. The smallest absolute Gasteiger partial charge is 0.227 e. The Labute approximate surface area is 92.0 Å². The van der Waals surface area contributed by atoms with Gasteiger partial charge in [-0.15, -0.1) is 0 Å². The van der Waals surface area contributed by atoms with Crippen molar-refractivity contribution in [1.29, 1.82) is 0 Å². The van der Waals surface area contributed by atoms with Gasteiger partial charge in [0.15, 0.2) is 0 Å². The third-order valence-corrected chi connectivity index (χ3v) is 3.27. The Morgan fingerprint density at radius 3 is 2.80 bits per heavy atom. The molecule has 2 atom stereocenters. The van der Waals surface area contributed by atoms with Gasteiger partial charge in [0.1, 0.15) is 0 Å². The minimum atomic E-state index is -0.461. The van der Waals surface area contributed by atoms with Gasteiger partial charge in [-0.05, 0) is 32.7 Å². The SMILES string of the molecule is CC1CCNCC1NC(=O)C(C)(C)CN. The minimum Gasteiger partial charge on any atom is -0.351 e. The van der Waals surface area contributed by atoms with E-state index in [-0.39, 0.29) is 11.9 Å². The number of nitrogens with two attached hydrogens (primary N) is 1. The molecule has 4 heteroatoms. The highest BCUT2D eigenvalue weighted by molar-refractivity contribution is 5.82. The van der Waals surface area contributed by atoms with Gasteiger partial charge >= 0.3 is 0 Å². The van der Waals surface area contributed by atoms with Crippen LogP contribution in [0, 0.1) is 11.3 Å². The summed E-state index contributed by atoms with van der Waals surface area (Å²) in [6.07, 6.45) is 1.12. The number of amides is 1. The van der Waals surface area contributed by atoms with Crippen molar-refractivity contribution >= 4 is 5.91 Å². The molecule has 0 bridgehead atoms. The fraction of sp³-hybridized carbons (Fsp3) is 0.909. The molecular weight excluding hydrogens is 190 g/mol. The highest BCUT2D eigenvalue weighted by Gasteiger charge is 2.30. The third-order valence-electron chi connectivity index (χ3n) is 3.27. The zero-order chi connectivity index (χ0) is 11.5. The lowest BCUT2D eigenvalue weighted by Gasteiger charge is -2.33. The summed E-state index contributed by atoms with van der Waals surface area (Å²) >= 11 is 0. The van der Waals surface area contributed by atoms with Gasteiger partial charge in [-0.25, -0.2) is 0 Å². The number of piperidine rings is 1. The summed E-state index contributed by atoms with van der Waals surface area (Å²) in [6, 6.07) is 0.247. The second-order valence-electron chi connectivity index (χ2n) is 5.14. The lowest BCUT2D eigenvalue weighted by molar-refractivity contribution is -0.130. The van der Waals surface area contributed by atoms with E-state index < -0.39 is 5.41 Å². The van der Waals surface area contributed by atoms with E-state index in [0.29, 0.717) is 12.5 Å². The van der Waals surface area contributed by atoms with Crippen LogP contribution in [0.2, 0.25) is 0 Å². The van der Waals surface area contributed by atoms with E-state index in [4.69, 9.17) is 5.73 Å². The Morgan fingerprint density at radius 2 is 2.27 bits per heavy atom. The molecule has 1 aliphatic rings. The Hall–Kier alpha value is -0.610. The molecule has 0 radical (unpaired) electrons. The van der Waals surface area contributed by atoms with Crippen molar-refractivity contribution in [2.24, 2.45) is 17.1 Å². The standard InChI is InChI=1S/C11H23N3O/c1-8-4-5-13-6-9(8)14-10(15)11(2,3)7-12/h8-9,13H,4-7,12H2,1-3H3,(H,14,15). The molecule has 1 aliphatic heterocycles. The number of carbonyl (C=O) groups is 1. The van der Waals surface area contributed by atoms with E-state index in [2.05, 4.69) is 17.6 Å². The van der Waals surface area contributed by atoms with Gasteiger partial charge < -0.3 is 16.4 Å². The highest BCUT2D eigenvalue weighted by atomic mass is 16.2. The molecule has 0 saturated carbocycles. The summed E-state index contributed by atoms with van der Waals surface area (Å²) in [4.78, 5) is 11.9. The van der Waals surface area contributed by atoms with Gasteiger partial charge in [0.05, 0.1) is 5.41 Å². The Bertz CT molecular complexity index is 228. The second kappa shape index (κ2) is 4.94. The van der Waals surface area contributed by atoms with E-state index in [0.717, 1.165) is 19.5 Å². The molecule has 1 heterocycles. The maximum Gasteiger partial charge on any atom is 0.227 e. The maximum absolute atomic E-state index is 11.9. The molecule has 0 aromatic rings. The fourth-order valence-electron chi connectivity index (χ4n) is 1.64. The van der Waals surface area contributed by atoms with Crippen molar-refractivity contribution in [2.45, 2.75) is 33.2 Å². The molecule has 0 aromatic carbocycles. The van der Waals surface area contributed by atoms with Crippen molar-refractivity contribution in [3.63, 3.8) is 0 Å². The Kier molecular flexibility index (Phi) is 4.11. The van der Waals surface area contributed by atoms with Crippen molar-refractivity contribution in [2.75, 3.05) is 19.6 Å². The van der Waals surface area contributed by atoms with Gasteiger partial charge in [-0.2, -0.15) is 0 Å². The summed E-state index contributed by atoms with van der Waals surface area (Å²) in [5.41, 5.74) is 5.11. The third kappa shape index (κ3) is 3.18. The summed E-state index contributed by atoms with van der Waals surface area (Å²) in [5.74, 6) is 0.606. The zero-order valence-corrected chi connectivity index (χ0v) is 9.97. The molecule has 15 heavy (non-hydrogen) atoms. The van der Waals surface area contributed by atoms with Crippen LogP contribution >= 0.6 is 0 Å². The van der Waals surface area contributed by atoms with Gasteiger partial charge in [0.2, 0.25) is 5.91 Å². The second-order valence-corrected chi connectivity index (χ2v) is 5.14. The molecule has 1 fully saturated rings. The van der Waals surface area contributed by atoms with Crippen LogP contribution in [0.5, 0.6) is 0 Å². The van der Waals surface area contributed by atoms with Gasteiger partial charge in [0.25, 0.3) is 0 Å². The number of hydrogen-bond acceptors (Lipinski definition) is 3. The summed E-state index contributed by atoms with van der Waals surface area (Å²) in [6.45, 7) is 8.24. The lowest BCUT2D eigenvalue weighted by atomic mass is 9.89. The molecule has 1 amide bonds. The molecule has 88 valence electrons. The number of carbonyl (C=O) groups excluding carboxylic acids is 1. The summed E-state index contributed by atoms with van der Waals surface area (Å²) in [5, 5.41) is 6.37. The molecule has 0 aromatic heterocycles. The highest BCUT2D eigenvalue weighted by Crippen LogP contribution is 2.16. The first kappa shape index (κ1) is 12.5. The van der Waals surface area contributed by atoms with Crippen molar-refractivity contribution in [1.82, 2.24) is 10.6 Å². The lowest BCUT2D eigenvalue weighted by Crippen LogP contribution is -2.54. The molecule has 0 aliphatic carbocycles. The molecule has 2 unspecified atom stereocenters. The largest absolute Gasteiger partial charge is 0.351 e. The molecule has 4 N–H and O–H groups in total. The molecule has 4 nitrogen and oxygen atoms in total. The van der Waals surface area contributed by atoms with Crippen molar-refractivity contribution in [3.8, 4) is 0 Å². The number of hydrogen-bond donors (Lipinski definition) is 3. The minimum absolute atomic E-state index is 0.0607. The van der Waals surface area contributed by atoms with Gasteiger partial charge in [0, 0.05) is 19.1 Å². The topological polar surface area (TPSA) is 67.1 Å². The zero-order valence-electron chi connectivity index (χ0n) is 9.97. The quantitative estimate of drug-likeness (QED) is 0.622. The first-order valence-electron chi connectivity index (χ1n) is 5.69. The monoisotopic (exact) mass is 213 g/mol.